The lowest BCUT2D eigenvalue weighted by Gasteiger charge is -2.22. The molecular formula is C13H18F3N5O. The number of rotatable bonds is 2. The van der Waals surface area contributed by atoms with Gasteiger partial charge in [0.1, 0.15) is 11.4 Å². The molecule has 0 spiro atoms. The molecule has 0 radical (unpaired) electrons. The van der Waals surface area contributed by atoms with E-state index in [1.165, 1.54) is 6.07 Å². The molecule has 0 bridgehead atoms. The molecule has 22 heavy (non-hydrogen) atoms. The quantitative estimate of drug-likeness (QED) is 0.572. The molecular weight excluding hydrogens is 299 g/mol. The van der Waals surface area contributed by atoms with Gasteiger partial charge in [-0.3, -0.25) is 0 Å². The Labute approximate surface area is 125 Å². The maximum Gasteiger partial charge on any atom is 0.416 e. The number of nitrogens with two attached hydrogens (primary N) is 3. The molecule has 0 aliphatic rings. The van der Waals surface area contributed by atoms with E-state index >= 15 is 0 Å². The second-order valence-electron chi connectivity index (χ2n) is 5.43. The maximum atomic E-state index is 12.9. The molecule has 0 aliphatic carbocycles. The van der Waals surface area contributed by atoms with Gasteiger partial charge in [0.05, 0.1) is 11.3 Å². The van der Waals surface area contributed by atoms with Gasteiger partial charge < -0.3 is 21.9 Å². The molecule has 6 nitrogen and oxygen atoms in total. The Morgan fingerprint density at radius 3 is 2.09 bits per heavy atom. The molecule has 0 saturated carbocycles. The lowest BCUT2D eigenvalue weighted by atomic mass is 10.1. The van der Waals surface area contributed by atoms with Crippen molar-refractivity contribution < 1.29 is 17.9 Å². The van der Waals surface area contributed by atoms with E-state index in [0.717, 1.165) is 12.1 Å². The first-order chi connectivity index (χ1) is 9.87. The van der Waals surface area contributed by atoms with E-state index in [4.69, 9.17) is 21.9 Å². The molecule has 1 aromatic carbocycles. The molecule has 1 aromatic rings. The van der Waals surface area contributed by atoms with Gasteiger partial charge in [0.2, 0.25) is 5.96 Å². The standard InChI is InChI=1S/C13H18F3N5O/c1-12(2,3)22-9-5-7(13(14,15)16)4-8(6-9)20-11(19)21-10(17)18/h4-6H,1-3H3,(H6,17,18,19,20,21). The van der Waals surface area contributed by atoms with Crippen LogP contribution in [-0.2, 0) is 6.18 Å². The molecule has 9 heteroatoms. The minimum atomic E-state index is -4.55. The van der Waals surface area contributed by atoms with Crippen LogP contribution in [0.3, 0.4) is 0 Å². The van der Waals surface area contributed by atoms with Gasteiger partial charge in [-0.05, 0) is 32.9 Å². The molecule has 6 N–H and O–H groups in total. The van der Waals surface area contributed by atoms with E-state index < -0.39 is 17.3 Å². The van der Waals surface area contributed by atoms with Crippen molar-refractivity contribution in [3.63, 3.8) is 0 Å². The average molecular weight is 317 g/mol. The normalized spacial score (nSPS) is 12.9. The van der Waals surface area contributed by atoms with Crippen LogP contribution in [0.1, 0.15) is 26.3 Å². The number of benzene rings is 1. The summed E-state index contributed by atoms with van der Waals surface area (Å²) in [5.74, 6) is -0.695. The van der Waals surface area contributed by atoms with Crippen LogP contribution in [0.4, 0.5) is 18.9 Å². The van der Waals surface area contributed by atoms with Gasteiger partial charge in [-0.25, -0.2) is 4.99 Å². The molecule has 0 atom stereocenters. The van der Waals surface area contributed by atoms with E-state index in [-0.39, 0.29) is 23.4 Å². The van der Waals surface area contributed by atoms with Gasteiger partial charge in [0, 0.05) is 6.07 Å². The van der Waals surface area contributed by atoms with Crippen LogP contribution in [0, 0.1) is 0 Å². The minimum absolute atomic E-state index is 0.0126. The highest BCUT2D eigenvalue weighted by Gasteiger charge is 2.32. The zero-order chi connectivity index (χ0) is 17.1. The zero-order valence-electron chi connectivity index (χ0n) is 12.4. The SMILES string of the molecule is CC(C)(C)Oc1cc(N=C(N)N=C(N)N)cc(C(F)(F)F)c1. The van der Waals surface area contributed by atoms with Gasteiger partial charge in [0.15, 0.2) is 5.96 Å². The van der Waals surface area contributed by atoms with Gasteiger partial charge in [-0.15, -0.1) is 0 Å². The van der Waals surface area contributed by atoms with Crippen molar-refractivity contribution in [2.45, 2.75) is 32.5 Å². The topological polar surface area (TPSA) is 112 Å². The van der Waals surface area contributed by atoms with Gasteiger partial charge >= 0.3 is 6.18 Å². The van der Waals surface area contributed by atoms with Crippen LogP contribution in [0.25, 0.3) is 0 Å². The first-order valence-electron chi connectivity index (χ1n) is 6.22. The lowest BCUT2D eigenvalue weighted by molar-refractivity contribution is -0.137. The Morgan fingerprint density at radius 1 is 1.05 bits per heavy atom. The summed E-state index contributed by atoms with van der Waals surface area (Å²) in [5, 5.41) is 0. The monoisotopic (exact) mass is 317 g/mol. The summed E-state index contributed by atoms with van der Waals surface area (Å²) in [6.07, 6.45) is -4.55. The lowest BCUT2D eigenvalue weighted by Crippen LogP contribution is -2.26. The van der Waals surface area contributed by atoms with Crippen LogP contribution in [-0.4, -0.2) is 17.5 Å². The third kappa shape index (κ3) is 5.90. The van der Waals surface area contributed by atoms with E-state index in [1.807, 2.05) is 0 Å². The number of ether oxygens (including phenoxy) is 1. The molecule has 122 valence electrons. The molecule has 0 fully saturated rings. The summed E-state index contributed by atoms with van der Waals surface area (Å²) in [7, 11) is 0. The largest absolute Gasteiger partial charge is 0.488 e. The van der Waals surface area contributed by atoms with Crippen molar-refractivity contribution in [2.24, 2.45) is 27.2 Å². The number of alkyl halides is 3. The van der Waals surface area contributed by atoms with E-state index in [2.05, 4.69) is 9.98 Å². The molecule has 0 aromatic heterocycles. The number of guanidine groups is 2. The highest BCUT2D eigenvalue weighted by atomic mass is 19.4. The second kappa shape index (κ2) is 6.12. The summed E-state index contributed by atoms with van der Waals surface area (Å²) < 4.78 is 44.2. The molecule has 0 saturated heterocycles. The predicted molar refractivity (Wildman–Crippen MR) is 78.9 cm³/mol. The highest BCUT2D eigenvalue weighted by Crippen LogP contribution is 2.36. The number of halogens is 3. The van der Waals surface area contributed by atoms with Gasteiger partial charge in [-0.1, -0.05) is 0 Å². The fraction of sp³-hybridized carbons (Fsp3) is 0.385. The van der Waals surface area contributed by atoms with Gasteiger partial charge in [-0.2, -0.15) is 18.2 Å². The second-order valence-corrected chi connectivity index (χ2v) is 5.43. The Hall–Kier alpha value is -2.45. The van der Waals surface area contributed by atoms with Crippen molar-refractivity contribution in [1.29, 1.82) is 0 Å². The molecule has 0 amide bonds. The minimum Gasteiger partial charge on any atom is -0.488 e. The summed E-state index contributed by atoms with van der Waals surface area (Å²) in [5.41, 5.74) is 14.0. The summed E-state index contributed by atoms with van der Waals surface area (Å²) >= 11 is 0. The molecule has 1 rings (SSSR count). The summed E-state index contributed by atoms with van der Waals surface area (Å²) in [6.45, 7) is 5.14. The Kier molecular flexibility index (Phi) is 4.90. The Morgan fingerprint density at radius 2 is 1.64 bits per heavy atom. The van der Waals surface area contributed by atoms with Crippen LogP contribution < -0.4 is 21.9 Å². The van der Waals surface area contributed by atoms with Crippen LogP contribution in [0.5, 0.6) is 5.75 Å². The Balaban J connectivity index is 3.33. The highest BCUT2D eigenvalue weighted by molar-refractivity contribution is 5.93. The number of aliphatic imine (C=N–C) groups is 2. The van der Waals surface area contributed by atoms with Crippen molar-refractivity contribution in [2.75, 3.05) is 0 Å². The zero-order valence-corrected chi connectivity index (χ0v) is 12.4. The number of hydrogen-bond acceptors (Lipinski definition) is 2. The first-order valence-corrected chi connectivity index (χ1v) is 6.22. The van der Waals surface area contributed by atoms with Crippen molar-refractivity contribution >= 4 is 17.6 Å². The number of nitrogens with zero attached hydrogens (tertiary/aromatic N) is 2. The summed E-state index contributed by atoms with van der Waals surface area (Å²) in [4.78, 5) is 7.18. The molecule has 0 heterocycles. The van der Waals surface area contributed by atoms with E-state index in [0.29, 0.717) is 0 Å². The third-order valence-electron chi connectivity index (χ3n) is 2.13. The van der Waals surface area contributed by atoms with Crippen LogP contribution in [0.15, 0.2) is 28.2 Å². The van der Waals surface area contributed by atoms with Crippen molar-refractivity contribution in [1.82, 2.24) is 0 Å². The van der Waals surface area contributed by atoms with Crippen LogP contribution in [0.2, 0.25) is 0 Å². The van der Waals surface area contributed by atoms with E-state index in [9.17, 15) is 13.2 Å². The first kappa shape index (κ1) is 17.6. The fourth-order valence-corrected chi connectivity index (χ4v) is 1.51. The number of hydrogen-bond donors (Lipinski definition) is 3. The molecule has 0 unspecified atom stereocenters. The fourth-order valence-electron chi connectivity index (χ4n) is 1.51. The Bertz CT molecular complexity index is 599. The smallest absolute Gasteiger partial charge is 0.416 e. The van der Waals surface area contributed by atoms with Crippen LogP contribution >= 0.6 is 0 Å². The summed E-state index contributed by atoms with van der Waals surface area (Å²) in [6, 6.07) is 3.03. The average Bonchev–Trinajstić information content (AvgIpc) is 2.22. The molecule has 0 aliphatic heterocycles. The maximum absolute atomic E-state index is 12.9. The van der Waals surface area contributed by atoms with Crippen molar-refractivity contribution in [3.8, 4) is 5.75 Å². The third-order valence-corrected chi connectivity index (χ3v) is 2.13. The van der Waals surface area contributed by atoms with Crippen molar-refractivity contribution in [3.05, 3.63) is 23.8 Å². The van der Waals surface area contributed by atoms with E-state index in [1.54, 1.807) is 20.8 Å². The van der Waals surface area contributed by atoms with Gasteiger partial charge in [0.25, 0.3) is 0 Å². The predicted octanol–water partition coefficient (Wildman–Crippen LogP) is 2.10.